The lowest BCUT2D eigenvalue weighted by Gasteiger charge is -2.16. The molecule has 0 fully saturated rings. The number of aromatic nitrogens is 3. The summed E-state index contributed by atoms with van der Waals surface area (Å²) in [4.78, 5) is 4.18. The second-order valence-corrected chi connectivity index (χ2v) is 5.26. The van der Waals surface area contributed by atoms with Crippen molar-refractivity contribution >= 4 is 0 Å². The molecule has 2 atom stereocenters. The summed E-state index contributed by atoms with van der Waals surface area (Å²) in [5.41, 5.74) is 1.86. The van der Waals surface area contributed by atoms with Crippen molar-refractivity contribution in [2.24, 2.45) is 0 Å². The summed E-state index contributed by atoms with van der Waals surface area (Å²) in [5.74, 6) is -0.310. The molecule has 2 unspecified atom stereocenters. The van der Waals surface area contributed by atoms with Gasteiger partial charge in [0.1, 0.15) is 5.82 Å². The summed E-state index contributed by atoms with van der Waals surface area (Å²) in [6, 6.07) is 5.68. The van der Waals surface area contributed by atoms with E-state index in [2.05, 4.69) is 29.2 Å². The fourth-order valence-corrected chi connectivity index (χ4v) is 2.25. The maximum absolute atomic E-state index is 13.0. The molecule has 0 saturated heterocycles. The number of rotatable bonds is 7. The first kappa shape index (κ1) is 15.6. The van der Waals surface area contributed by atoms with Crippen molar-refractivity contribution in [3.8, 4) is 0 Å². The molecule has 114 valence electrons. The number of halogens is 1. The molecular formula is C16H23FN4. The molecule has 5 heteroatoms. The van der Waals surface area contributed by atoms with Crippen LogP contribution in [0.4, 0.5) is 4.39 Å². The van der Waals surface area contributed by atoms with Crippen LogP contribution in [0.3, 0.4) is 0 Å². The minimum absolute atomic E-state index is 0.0517. The van der Waals surface area contributed by atoms with Crippen LogP contribution in [-0.2, 0) is 6.42 Å². The Morgan fingerprint density at radius 3 is 2.71 bits per heavy atom. The van der Waals surface area contributed by atoms with Gasteiger partial charge in [-0.3, -0.25) is 9.67 Å². The maximum atomic E-state index is 13.0. The van der Waals surface area contributed by atoms with Gasteiger partial charge in [0.2, 0.25) is 0 Å². The highest BCUT2D eigenvalue weighted by Crippen LogP contribution is 2.17. The van der Waals surface area contributed by atoms with Crippen LogP contribution in [0.15, 0.2) is 30.6 Å². The van der Waals surface area contributed by atoms with Gasteiger partial charge in [0.05, 0.1) is 23.6 Å². The van der Waals surface area contributed by atoms with E-state index in [0.717, 1.165) is 30.8 Å². The summed E-state index contributed by atoms with van der Waals surface area (Å²) in [6.07, 6.45) is 5.08. The Balaban J connectivity index is 2.12. The number of hydrogen-bond donors (Lipinski definition) is 1. The molecule has 0 saturated carbocycles. The SMILES string of the molecule is CCNC(Cc1ccn(C(C)CC)n1)c1ccc(F)cn1. The fraction of sp³-hybridized carbons (Fsp3) is 0.500. The Morgan fingerprint density at radius 2 is 2.10 bits per heavy atom. The molecule has 2 aromatic rings. The van der Waals surface area contributed by atoms with Crippen LogP contribution in [0.2, 0.25) is 0 Å². The first-order chi connectivity index (χ1) is 10.1. The van der Waals surface area contributed by atoms with E-state index in [9.17, 15) is 4.39 Å². The van der Waals surface area contributed by atoms with Gasteiger partial charge in [-0.2, -0.15) is 5.10 Å². The normalized spacial score (nSPS) is 14.1. The Hall–Kier alpha value is -1.75. The van der Waals surface area contributed by atoms with Crippen molar-refractivity contribution in [1.29, 1.82) is 0 Å². The van der Waals surface area contributed by atoms with Gasteiger partial charge in [-0.15, -0.1) is 0 Å². The number of hydrogen-bond acceptors (Lipinski definition) is 3. The molecule has 4 nitrogen and oxygen atoms in total. The third kappa shape index (κ3) is 4.11. The van der Waals surface area contributed by atoms with Crippen molar-refractivity contribution in [3.05, 3.63) is 47.8 Å². The van der Waals surface area contributed by atoms with Gasteiger partial charge in [0.15, 0.2) is 0 Å². The Bertz CT molecular complexity index is 550. The van der Waals surface area contributed by atoms with Gasteiger partial charge in [0.25, 0.3) is 0 Å². The molecule has 0 aromatic carbocycles. The monoisotopic (exact) mass is 290 g/mol. The molecule has 2 heterocycles. The largest absolute Gasteiger partial charge is 0.309 e. The summed E-state index contributed by atoms with van der Waals surface area (Å²) >= 11 is 0. The number of nitrogens with zero attached hydrogens (tertiary/aromatic N) is 3. The van der Waals surface area contributed by atoms with E-state index >= 15 is 0 Å². The average Bonchev–Trinajstić information content (AvgIpc) is 2.95. The van der Waals surface area contributed by atoms with E-state index < -0.39 is 0 Å². The van der Waals surface area contributed by atoms with Crippen molar-refractivity contribution < 1.29 is 4.39 Å². The van der Waals surface area contributed by atoms with Gasteiger partial charge in [-0.1, -0.05) is 13.8 Å². The van der Waals surface area contributed by atoms with Crippen LogP contribution in [-0.4, -0.2) is 21.3 Å². The smallest absolute Gasteiger partial charge is 0.141 e. The van der Waals surface area contributed by atoms with E-state index in [-0.39, 0.29) is 11.9 Å². The van der Waals surface area contributed by atoms with Crippen LogP contribution in [0.1, 0.15) is 50.7 Å². The molecule has 0 spiro atoms. The molecule has 2 aromatic heterocycles. The van der Waals surface area contributed by atoms with Crippen molar-refractivity contribution in [1.82, 2.24) is 20.1 Å². The second-order valence-electron chi connectivity index (χ2n) is 5.26. The molecule has 2 rings (SSSR count). The topological polar surface area (TPSA) is 42.7 Å². The predicted molar refractivity (Wildman–Crippen MR) is 81.5 cm³/mol. The molecule has 0 aliphatic heterocycles. The summed E-state index contributed by atoms with van der Waals surface area (Å²) in [7, 11) is 0. The zero-order valence-corrected chi connectivity index (χ0v) is 12.9. The summed E-state index contributed by atoms with van der Waals surface area (Å²) in [5, 5.41) is 8.01. The van der Waals surface area contributed by atoms with Gasteiger partial charge in [-0.05, 0) is 38.1 Å². The van der Waals surface area contributed by atoms with Gasteiger partial charge in [-0.25, -0.2) is 4.39 Å². The lowest BCUT2D eigenvalue weighted by atomic mass is 10.1. The van der Waals surface area contributed by atoms with Crippen LogP contribution < -0.4 is 5.32 Å². The third-order valence-corrected chi connectivity index (χ3v) is 3.68. The van der Waals surface area contributed by atoms with Crippen LogP contribution >= 0.6 is 0 Å². The predicted octanol–water partition coefficient (Wildman–Crippen LogP) is 3.28. The lowest BCUT2D eigenvalue weighted by Crippen LogP contribution is -2.24. The zero-order chi connectivity index (χ0) is 15.2. The highest BCUT2D eigenvalue weighted by atomic mass is 19.1. The lowest BCUT2D eigenvalue weighted by molar-refractivity contribution is 0.465. The van der Waals surface area contributed by atoms with E-state index in [1.54, 1.807) is 6.07 Å². The minimum Gasteiger partial charge on any atom is -0.309 e. The molecular weight excluding hydrogens is 267 g/mol. The first-order valence-corrected chi connectivity index (χ1v) is 7.52. The Labute approximate surface area is 125 Å². The van der Waals surface area contributed by atoms with E-state index in [1.165, 1.54) is 12.3 Å². The molecule has 1 N–H and O–H groups in total. The highest BCUT2D eigenvalue weighted by molar-refractivity contribution is 5.13. The molecule has 0 bridgehead atoms. The van der Waals surface area contributed by atoms with E-state index in [4.69, 9.17) is 0 Å². The quantitative estimate of drug-likeness (QED) is 0.851. The molecule has 21 heavy (non-hydrogen) atoms. The zero-order valence-electron chi connectivity index (χ0n) is 12.9. The van der Waals surface area contributed by atoms with Crippen molar-refractivity contribution in [3.63, 3.8) is 0 Å². The number of nitrogens with one attached hydrogen (secondary N) is 1. The minimum atomic E-state index is -0.310. The third-order valence-electron chi connectivity index (χ3n) is 3.68. The van der Waals surface area contributed by atoms with Crippen LogP contribution in [0.25, 0.3) is 0 Å². The summed E-state index contributed by atoms with van der Waals surface area (Å²) in [6.45, 7) is 7.18. The van der Waals surface area contributed by atoms with Crippen molar-refractivity contribution in [2.75, 3.05) is 6.54 Å². The standard InChI is InChI=1S/C16H23FN4/c1-4-12(3)21-9-8-14(20-21)10-16(18-5-2)15-7-6-13(17)11-19-15/h6-9,11-12,16,18H,4-5,10H2,1-3H3. The molecule has 0 aliphatic rings. The van der Waals surface area contributed by atoms with Gasteiger partial charge >= 0.3 is 0 Å². The van der Waals surface area contributed by atoms with Gasteiger partial charge in [0, 0.05) is 18.7 Å². The van der Waals surface area contributed by atoms with Crippen LogP contribution in [0, 0.1) is 5.82 Å². The highest BCUT2D eigenvalue weighted by Gasteiger charge is 2.15. The van der Waals surface area contributed by atoms with E-state index in [0.29, 0.717) is 6.04 Å². The molecule has 0 amide bonds. The Kier molecular flexibility index (Phi) is 5.44. The molecule has 0 radical (unpaired) electrons. The summed E-state index contributed by atoms with van der Waals surface area (Å²) < 4.78 is 15.0. The van der Waals surface area contributed by atoms with Crippen molar-refractivity contribution in [2.45, 2.75) is 45.7 Å². The number of pyridine rings is 1. The maximum Gasteiger partial charge on any atom is 0.141 e. The van der Waals surface area contributed by atoms with Crippen LogP contribution in [0.5, 0.6) is 0 Å². The van der Waals surface area contributed by atoms with E-state index in [1.807, 2.05) is 23.9 Å². The fourth-order valence-electron chi connectivity index (χ4n) is 2.25. The molecule has 0 aliphatic carbocycles. The van der Waals surface area contributed by atoms with Gasteiger partial charge < -0.3 is 5.32 Å². The first-order valence-electron chi connectivity index (χ1n) is 7.52. The number of likely N-dealkylation sites (N-methyl/N-ethyl adjacent to an activating group) is 1. The second kappa shape index (κ2) is 7.31. The Morgan fingerprint density at radius 1 is 1.29 bits per heavy atom. The average molecular weight is 290 g/mol.